The second kappa shape index (κ2) is 8.28. The zero-order chi connectivity index (χ0) is 18.4. The van der Waals surface area contributed by atoms with Gasteiger partial charge in [-0.2, -0.15) is 0 Å². The lowest BCUT2D eigenvalue weighted by Gasteiger charge is -2.12. The summed E-state index contributed by atoms with van der Waals surface area (Å²) in [6, 6.07) is 11.4. The highest BCUT2D eigenvalue weighted by Gasteiger charge is 2.10. The highest BCUT2D eigenvalue weighted by atomic mass is 19.1. The van der Waals surface area contributed by atoms with E-state index < -0.39 is 5.82 Å². The van der Waals surface area contributed by atoms with Crippen LogP contribution in [0.3, 0.4) is 0 Å². The number of halogens is 1. The normalized spacial score (nSPS) is 10.2. The molecule has 0 radical (unpaired) electrons. The van der Waals surface area contributed by atoms with Gasteiger partial charge in [0.15, 0.2) is 11.6 Å². The Labute approximate surface area is 146 Å². The maximum Gasteiger partial charge on any atom is 0.253 e. The second-order valence-corrected chi connectivity index (χ2v) is 5.80. The van der Waals surface area contributed by atoms with E-state index in [9.17, 15) is 14.0 Å². The number of anilines is 1. The smallest absolute Gasteiger partial charge is 0.253 e. The zero-order valence-electron chi connectivity index (χ0n) is 14.5. The maximum absolute atomic E-state index is 13.6. The molecule has 0 unspecified atom stereocenters. The Morgan fingerprint density at radius 1 is 1.16 bits per heavy atom. The van der Waals surface area contributed by atoms with Gasteiger partial charge in [-0.05, 0) is 42.3 Å². The molecule has 2 aromatic carbocycles. The molecule has 0 atom stereocenters. The number of benzene rings is 2. The van der Waals surface area contributed by atoms with Crippen LogP contribution < -0.4 is 10.1 Å². The first kappa shape index (κ1) is 18.4. The Morgan fingerprint density at radius 2 is 1.92 bits per heavy atom. The predicted octanol–water partition coefficient (Wildman–Crippen LogP) is 3.11. The highest BCUT2D eigenvalue weighted by molar-refractivity contribution is 5.97. The number of rotatable bonds is 6. The van der Waals surface area contributed by atoms with Crippen LogP contribution in [0, 0.1) is 5.82 Å². The summed E-state index contributed by atoms with van der Waals surface area (Å²) in [6.45, 7) is 0. The molecule has 2 rings (SSSR count). The molecule has 0 aromatic heterocycles. The van der Waals surface area contributed by atoms with E-state index in [1.54, 1.807) is 50.5 Å². The van der Waals surface area contributed by atoms with Crippen LogP contribution in [0.1, 0.15) is 22.3 Å². The van der Waals surface area contributed by atoms with Gasteiger partial charge in [0.05, 0.1) is 7.11 Å². The quantitative estimate of drug-likeness (QED) is 0.876. The number of hydrogen-bond donors (Lipinski definition) is 1. The first-order valence-electron chi connectivity index (χ1n) is 7.84. The van der Waals surface area contributed by atoms with Gasteiger partial charge in [0.25, 0.3) is 5.91 Å². The van der Waals surface area contributed by atoms with Crippen molar-refractivity contribution in [1.29, 1.82) is 0 Å². The summed E-state index contributed by atoms with van der Waals surface area (Å²) in [7, 11) is 4.74. The molecule has 132 valence electrons. The van der Waals surface area contributed by atoms with Crippen molar-refractivity contribution >= 4 is 17.5 Å². The molecule has 0 saturated heterocycles. The Balaban J connectivity index is 1.95. The number of hydrogen-bond acceptors (Lipinski definition) is 3. The molecule has 0 aliphatic heterocycles. The van der Waals surface area contributed by atoms with Crippen molar-refractivity contribution in [3.63, 3.8) is 0 Å². The number of ether oxygens (including phenoxy) is 1. The monoisotopic (exact) mass is 344 g/mol. The van der Waals surface area contributed by atoms with Gasteiger partial charge in [-0.25, -0.2) is 4.39 Å². The summed E-state index contributed by atoms with van der Waals surface area (Å²) in [4.78, 5) is 25.5. The number of carbonyl (C=O) groups is 2. The van der Waals surface area contributed by atoms with Gasteiger partial charge < -0.3 is 15.0 Å². The third-order valence-corrected chi connectivity index (χ3v) is 3.66. The van der Waals surface area contributed by atoms with E-state index in [1.807, 2.05) is 0 Å². The largest absolute Gasteiger partial charge is 0.494 e. The van der Waals surface area contributed by atoms with Crippen LogP contribution in [0.4, 0.5) is 10.1 Å². The van der Waals surface area contributed by atoms with Crippen molar-refractivity contribution in [3.8, 4) is 5.75 Å². The highest BCUT2D eigenvalue weighted by Crippen LogP contribution is 2.19. The lowest BCUT2D eigenvalue weighted by atomic mass is 10.1. The second-order valence-electron chi connectivity index (χ2n) is 5.80. The average molecular weight is 344 g/mol. The summed E-state index contributed by atoms with van der Waals surface area (Å²) in [5, 5.41) is 2.76. The van der Waals surface area contributed by atoms with Gasteiger partial charge >= 0.3 is 0 Å². The van der Waals surface area contributed by atoms with E-state index in [0.717, 1.165) is 0 Å². The lowest BCUT2D eigenvalue weighted by Crippen LogP contribution is -2.22. The zero-order valence-corrected chi connectivity index (χ0v) is 14.5. The van der Waals surface area contributed by atoms with Crippen LogP contribution in [-0.4, -0.2) is 37.9 Å². The average Bonchev–Trinajstić information content (AvgIpc) is 2.59. The summed E-state index contributed by atoms with van der Waals surface area (Å²) in [5.41, 5.74) is 1.77. The van der Waals surface area contributed by atoms with Crippen LogP contribution in [0.2, 0.25) is 0 Å². The summed E-state index contributed by atoms with van der Waals surface area (Å²) < 4.78 is 18.5. The topological polar surface area (TPSA) is 58.6 Å². The predicted molar refractivity (Wildman–Crippen MR) is 94.4 cm³/mol. The Kier molecular flexibility index (Phi) is 6.11. The summed E-state index contributed by atoms with van der Waals surface area (Å²) in [6.07, 6.45) is 0.612. The van der Waals surface area contributed by atoms with E-state index in [0.29, 0.717) is 23.2 Å². The molecule has 2 amide bonds. The standard InChI is InChI=1S/C19H21FN2O3/c1-22(2)19(24)14-5-4-6-15(12-14)21-18(23)10-8-13-7-9-17(25-3)16(20)11-13/h4-7,9,11-12H,8,10H2,1-3H3,(H,21,23). The fraction of sp³-hybridized carbons (Fsp3) is 0.263. The molecule has 0 fully saturated rings. The molecule has 0 spiro atoms. The molecule has 5 nitrogen and oxygen atoms in total. The van der Waals surface area contributed by atoms with E-state index in [4.69, 9.17) is 4.74 Å². The van der Waals surface area contributed by atoms with Crippen LogP contribution in [-0.2, 0) is 11.2 Å². The molecule has 6 heteroatoms. The number of nitrogens with one attached hydrogen (secondary N) is 1. The van der Waals surface area contributed by atoms with E-state index >= 15 is 0 Å². The molecule has 0 saturated carbocycles. The van der Waals surface area contributed by atoms with Gasteiger partial charge in [0, 0.05) is 31.8 Å². The number of aryl methyl sites for hydroxylation is 1. The number of nitrogens with zero attached hydrogens (tertiary/aromatic N) is 1. The molecule has 2 aromatic rings. The summed E-state index contributed by atoms with van der Waals surface area (Å²) in [5.74, 6) is -0.610. The van der Waals surface area contributed by atoms with Gasteiger partial charge in [0.1, 0.15) is 0 Å². The number of amides is 2. The van der Waals surface area contributed by atoms with E-state index in [2.05, 4.69) is 5.32 Å². The van der Waals surface area contributed by atoms with E-state index in [1.165, 1.54) is 18.1 Å². The van der Waals surface area contributed by atoms with Crippen molar-refractivity contribution < 1.29 is 18.7 Å². The van der Waals surface area contributed by atoms with E-state index in [-0.39, 0.29) is 24.0 Å². The first-order chi connectivity index (χ1) is 11.9. The molecule has 25 heavy (non-hydrogen) atoms. The molecule has 0 aliphatic rings. The van der Waals surface area contributed by atoms with Crippen LogP contribution >= 0.6 is 0 Å². The Hall–Kier alpha value is -2.89. The number of carbonyl (C=O) groups excluding carboxylic acids is 2. The maximum atomic E-state index is 13.6. The van der Waals surface area contributed by atoms with Gasteiger partial charge in [0.2, 0.25) is 5.91 Å². The molecule has 0 heterocycles. The summed E-state index contributed by atoms with van der Waals surface area (Å²) >= 11 is 0. The minimum Gasteiger partial charge on any atom is -0.494 e. The Bertz CT molecular complexity index is 775. The molecule has 1 N–H and O–H groups in total. The van der Waals surface area contributed by atoms with Crippen molar-refractivity contribution in [2.45, 2.75) is 12.8 Å². The van der Waals surface area contributed by atoms with Crippen molar-refractivity contribution in [3.05, 3.63) is 59.4 Å². The fourth-order valence-electron chi connectivity index (χ4n) is 2.33. The molecular formula is C19H21FN2O3. The molecule has 0 aliphatic carbocycles. The van der Waals surface area contributed by atoms with Crippen molar-refractivity contribution in [1.82, 2.24) is 4.90 Å². The SMILES string of the molecule is COc1ccc(CCC(=O)Nc2cccc(C(=O)N(C)C)c2)cc1F. The fourth-order valence-corrected chi connectivity index (χ4v) is 2.33. The minimum absolute atomic E-state index is 0.134. The lowest BCUT2D eigenvalue weighted by molar-refractivity contribution is -0.116. The van der Waals surface area contributed by atoms with Crippen LogP contribution in [0.25, 0.3) is 0 Å². The molecular weight excluding hydrogens is 323 g/mol. The van der Waals surface area contributed by atoms with Gasteiger partial charge in [-0.3, -0.25) is 9.59 Å². The Morgan fingerprint density at radius 3 is 2.56 bits per heavy atom. The number of methoxy groups -OCH3 is 1. The van der Waals surface area contributed by atoms with Crippen molar-refractivity contribution in [2.75, 3.05) is 26.5 Å². The van der Waals surface area contributed by atoms with Crippen LogP contribution in [0.5, 0.6) is 5.75 Å². The minimum atomic E-state index is -0.449. The van der Waals surface area contributed by atoms with Gasteiger partial charge in [-0.1, -0.05) is 12.1 Å². The molecule has 0 bridgehead atoms. The first-order valence-corrected chi connectivity index (χ1v) is 7.84. The third-order valence-electron chi connectivity index (χ3n) is 3.66. The van der Waals surface area contributed by atoms with Gasteiger partial charge in [-0.15, -0.1) is 0 Å². The van der Waals surface area contributed by atoms with Crippen LogP contribution in [0.15, 0.2) is 42.5 Å². The van der Waals surface area contributed by atoms with Crippen molar-refractivity contribution in [2.24, 2.45) is 0 Å². The third kappa shape index (κ3) is 5.04.